The quantitative estimate of drug-likeness (QED) is 0.306. The first-order valence-electron chi connectivity index (χ1n) is 9.87. The first kappa shape index (κ1) is 25.2. The maximum absolute atomic E-state index is 12.0. The van der Waals surface area contributed by atoms with Crippen LogP contribution >= 0.6 is 35.3 Å². The Hall–Kier alpha value is -0.870. The number of thiophene rings is 1. The molecule has 2 rings (SSSR count). The fraction of sp³-hybridized carbons (Fsp3) is 0.700. The van der Waals surface area contributed by atoms with E-state index in [1.54, 1.807) is 0 Å². The van der Waals surface area contributed by atoms with Crippen molar-refractivity contribution in [3.05, 3.63) is 22.4 Å². The van der Waals surface area contributed by atoms with Crippen molar-refractivity contribution < 1.29 is 4.79 Å². The molecule has 6 nitrogen and oxygen atoms in total. The molecule has 2 atom stereocenters. The van der Waals surface area contributed by atoms with Crippen molar-refractivity contribution in [3.8, 4) is 0 Å². The smallest absolute Gasteiger partial charge is 0.242 e. The molecular formula is C20H36IN5OS. The number of carbonyl (C=O) groups is 1. The number of amides is 1. The Kier molecular flexibility index (Phi) is 10.8. The van der Waals surface area contributed by atoms with E-state index in [9.17, 15) is 4.79 Å². The highest BCUT2D eigenvalue weighted by atomic mass is 127. The second kappa shape index (κ2) is 12.0. The van der Waals surface area contributed by atoms with Gasteiger partial charge in [0.25, 0.3) is 0 Å². The summed E-state index contributed by atoms with van der Waals surface area (Å²) >= 11 is 1.83. The minimum atomic E-state index is -0.237. The number of carbonyl (C=O) groups excluding carboxylic acids is 1. The number of piperidine rings is 1. The molecule has 160 valence electrons. The van der Waals surface area contributed by atoms with Gasteiger partial charge in [-0.3, -0.25) is 9.69 Å². The van der Waals surface area contributed by atoms with Crippen molar-refractivity contribution >= 4 is 47.2 Å². The van der Waals surface area contributed by atoms with Gasteiger partial charge in [-0.05, 0) is 71.5 Å². The Balaban J connectivity index is 0.00000392. The van der Waals surface area contributed by atoms with Gasteiger partial charge in [-0.25, -0.2) is 4.99 Å². The molecule has 1 aromatic heterocycles. The van der Waals surface area contributed by atoms with E-state index in [4.69, 9.17) is 0 Å². The van der Waals surface area contributed by atoms with Gasteiger partial charge < -0.3 is 16.0 Å². The van der Waals surface area contributed by atoms with Gasteiger partial charge in [0, 0.05) is 29.5 Å². The second-order valence-corrected chi connectivity index (χ2v) is 9.20. The average Bonchev–Trinajstić information content (AvgIpc) is 3.10. The molecule has 8 heteroatoms. The molecule has 0 bridgehead atoms. The van der Waals surface area contributed by atoms with Crippen LogP contribution in [0.3, 0.4) is 0 Å². The molecule has 0 radical (unpaired) electrons. The molecule has 28 heavy (non-hydrogen) atoms. The maximum atomic E-state index is 12.0. The van der Waals surface area contributed by atoms with Gasteiger partial charge in [0.2, 0.25) is 5.91 Å². The number of nitrogens with zero attached hydrogens (tertiary/aromatic N) is 2. The average molecular weight is 522 g/mol. The van der Waals surface area contributed by atoms with Crippen molar-refractivity contribution in [1.82, 2.24) is 20.9 Å². The number of guanidine groups is 1. The number of hydrogen-bond acceptors (Lipinski definition) is 4. The lowest BCUT2D eigenvalue weighted by Gasteiger charge is -2.39. The number of halogens is 1. The monoisotopic (exact) mass is 521 g/mol. The molecule has 1 fully saturated rings. The summed E-state index contributed by atoms with van der Waals surface area (Å²) in [6, 6.07) is 4.81. The van der Waals surface area contributed by atoms with Gasteiger partial charge >= 0.3 is 0 Å². The molecule has 1 aliphatic rings. The zero-order valence-electron chi connectivity index (χ0n) is 17.7. The standard InChI is InChI=1S/C20H35N5OS.HI/c1-6-21-19(23-14-17(26)24-20(2,3)4)22-13-15-9-7-11-25(5)18(15)16-10-8-12-27-16;/h8,10,12,15,18H,6-7,9,11,13-14H2,1-5H3,(H,24,26)(H2,21,22,23);1H. The summed E-state index contributed by atoms with van der Waals surface area (Å²) in [6.07, 6.45) is 2.41. The van der Waals surface area contributed by atoms with Gasteiger partial charge in [-0.2, -0.15) is 0 Å². The van der Waals surface area contributed by atoms with E-state index in [1.807, 2.05) is 39.0 Å². The van der Waals surface area contributed by atoms with Crippen LogP contribution in [0.1, 0.15) is 51.5 Å². The molecule has 0 aliphatic carbocycles. The number of hydrogen-bond donors (Lipinski definition) is 3. The van der Waals surface area contributed by atoms with Gasteiger partial charge in [-0.1, -0.05) is 6.07 Å². The highest BCUT2D eigenvalue weighted by Gasteiger charge is 2.31. The summed E-state index contributed by atoms with van der Waals surface area (Å²) in [5, 5.41) is 11.8. The van der Waals surface area contributed by atoms with Gasteiger partial charge in [0.1, 0.15) is 6.54 Å². The van der Waals surface area contributed by atoms with Crippen LogP contribution in [0.15, 0.2) is 22.5 Å². The lowest BCUT2D eigenvalue weighted by molar-refractivity contribution is -0.121. The van der Waals surface area contributed by atoms with Gasteiger partial charge in [0.05, 0.1) is 0 Å². The van der Waals surface area contributed by atoms with Crippen LogP contribution in [0.5, 0.6) is 0 Å². The van der Waals surface area contributed by atoms with E-state index in [-0.39, 0.29) is 42.0 Å². The lowest BCUT2D eigenvalue weighted by atomic mass is 9.88. The molecule has 1 saturated heterocycles. The number of likely N-dealkylation sites (tertiary alicyclic amines) is 1. The third kappa shape index (κ3) is 8.24. The molecule has 0 saturated carbocycles. The first-order valence-corrected chi connectivity index (χ1v) is 10.7. The predicted molar refractivity (Wildman–Crippen MR) is 130 cm³/mol. The molecule has 2 heterocycles. The van der Waals surface area contributed by atoms with Crippen LogP contribution in [0, 0.1) is 5.92 Å². The Morgan fingerprint density at radius 3 is 2.71 bits per heavy atom. The van der Waals surface area contributed by atoms with Crippen molar-refractivity contribution in [3.63, 3.8) is 0 Å². The van der Waals surface area contributed by atoms with Gasteiger partial charge in [-0.15, -0.1) is 35.3 Å². The van der Waals surface area contributed by atoms with E-state index in [1.165, 1.54) is 17.7 Å². The molecule has 0 aromatic carbocycles. The van der Waals surface area contributed by atoms with E-state index in [2.05, 4.69) is 50.4 Å². The second-order valence-electron chi connectivity index (χ2n) is 8.22. The van der Waals surface area contributed by atoms with E-state index < -0.39 is 0 Å². The zero-order chi connectivity index (χ0) is 19.9. The summed E-state index contributed by atoms with van der Waals surface area (Å²) in [6.45, 7) is 10.8. The molecule has 3 N–H and O–H groups in total. The first-order chi connectivity index (χ1) is 12.8. The molecular weight excluding hydrogens is 485 g/mol. The lowest BCUT2D eigenvalue weighted by Crippen LogP contribution is -2.46. The SMILES string of the molecule is CCNC(=NCC(=O)NC(C)(C)C)NCC1CCCN(C)C1c1cccs1.I. The van der Waals surface area contributed by atoms with E-state index >= 15 is 0 Å². The summed E-state index contributed by atoms with van der Waals surface area (Å²) in [5.74, 6) is 1.17. The number of aliphatic imine (C=N–C) groups is 1. The molecule has 1 aromatic rings. The molecule has 1 amide bonds. The summed E-state index contributed by atoms with van der Waals surface area (Å²) in [7, 11) is 2.21. The van der Waals surface area contributed by atoms with Crippen LogP contribution in [0.25, 0.3) is 0 Å². The third-order valence-electron chi connectivity index (χ3n) is 4.61. The minimum Gasteiger partial charge on any atom is -0.357 e. The summed E-state index contributed by atoms with van der Waals surface area (Å²) < 4.78 is 0. The molecule has 0 spiro atoms. The summed E-state index contributed by atoms with van der Waals surface area (Å²) in [5.41, 5.74) is -0.237. The Bertz CT molecular complexity index is 615. The Morgan fingerprint density at radius 2 is 2.11 bits per heavy atom. The van der Waals surface area contributed by atoms with Crippen LogP contribution in [-0.2, 0) is 4.79 Å². The van der Waals surface area contributed by atoms with Crippen molar-refractivity contribution in [2.75, 3.05) is 33.2 Å². The van der Waals surface area contributed by atoms with Crippen molar-refractivity contribution in [2.45, 2.75) is 52.1 Å². The fourth-order valence-corrected chi connectivity index (χ4v) is 4.54. The number of rotatable bonds is 6. The van der Waals surface area contributed by atoms with E-state index in [0.29, 0.717) is 17.9 Å². The molecule has 1 aliphatic heterocycles. The minimum absolute atomic E-state index is 0. The number of nitrogens with one attached hydrogen (secondary N) is 3. The zero-order valence-corrected chi connectivity index (χ0v) is 20.9. The van der Waals surface area contributed by atoms with Crippen LogP contribution in [-0.4, -0.2) is 55.5 Å². The third-order valence-corrected chi connectivity index (χ3v) is 5.56. The predicted octanol–water partition coefficient (Wildman–Crippen LogP) is 3.22. The highest BCUT2D eigenvalue weighted by Crippen LogP contribution is 2.36. The van der Waals surface area contributed by atoms with Crippen LogP contribution < -0.4 is 16.0 Å². The normalized spacial score (nSPS) is 21.0. The van der Waals surface area contributed by atoms with Crippen LogP contribution in [0.4, 0.5) is 0 Å². The Morgan fingerprint density at radius 1 is 1.36 bits per heavy atom. The topological polar surface area (TPSA) is 68.8 Å². The molecule has 2 unspecified atom stereocenters. The van der Waals surface area contributed by atoms with Crippen molar-refractivity contribution in [2.24, 2.45) is 10.9 Å². The maximum Gasteiger partial charge on any atom is 0.242 e. The highest BCUT2D eigenvalue weighted by molar-refractivity contribution is 14.0. The van der Waals surface area contributed by atoms with Crippen LogP contribution in [0.2, 0.25) is 0 Å². The Labute approximate surface area is 191 Å². The largest absolute Gasteiger partial charge is 0.357 e. The fourth-order valence-electron chi connectivity index (χ4n) is 3.56. The summed E-state index contributed by atoms with van der Waals surface area (Å²) in [4.78, 5) is 20.4. The van der Waals surface area contributed by atoms with Crippen molar-refractivity contribution in [1.29, 1.82) is 0 Å². The van der Waals surface area contributed by atoms with Gasteiger partial charge in [0.15, 0.2) is 5.96 Å². The van der Waals surface area contributed by atoms with E-state index in [0.717, 1.165) is 19.6 Å².